The van der Waals surface area contributed by atoms with E-state index in [0.29, 0.717) is 11.6 Å². The number of benzene rings is 1. The summed E-state index contributed by atoms with van der Waals surface area (Å²) >= 11 is 5.83. The van der Waals surface area contributed by atoms with Gasteiger partial charge in [0.1, 0.15) is 0 Å². The van der Waals surface area contributed by atoms with Gasteiger partial charge in [0.15, 0.2) is 0 Å². The standard InChI is InChI=1S/C13H13ClN2O/c1-2-9-16-13(17)8-7-12(15-16)10-3-5-11(14)6-4-10/h3-8H,2,9H2,1H3. The summed E-state index contributed by atoms with van der Waals surface area (Å²) in [6, 6.07) is 10.7. The maximum atomic E-state index is 11.5. The van der Waals surface area contributed by atoms with Crippen LogP contribution >= 0.6 is 11.6 Å². The van der Waals surface area contributed by atoms with Crippen molar-refractivity contribution in [1.29, 1.82) is 0 Å². The van der Waals surface area contributed by atoms with Crippen molar-refractivity contribution in [2.75, 3.05) is 0 Å². The molecule has 0 N–H and O–H groups in total. The van der Waals surface area contributed by atoms with Crippen molar-refractivity contribution in [3.8, 4) is 11.3 Å². The molecule has 0 saturated heterocycles. The van der Waals surface area contributed by atoms with Gasteiger partial charge in [0.05, 0.1) is 5.69 Å². The molecular formula is C13H13ClN2O. The molecule has 2 rings (SSSR count). The number of nitrogens with zero attached hydrogens (tertiary/aromatic N) is 2. The van der Waals surface area contributed by atoms with Crippen LogP contribution in [0.2, 0.25) is 5.02 Å². The van der Waals surface area contributed by atoms with Gasteiger partial charge in [0.25, 0.3) is 5.56 Å². The Kier molecular flexibility index (Phi) is 3.59. The van der Waals surface area contributed by atoms with Crippen LogP contribution in [0.3, 0.4) is 0 Å². The highest BCUT2D eigenvalue weighted by atomic mass is 35.5. The summed E-state index contributed by atoms with van der Waals surface area (Å²) in [5, 5.41) is 5.01. The molecular weight excluding hydrogens is 236 g/mol. The maximum Gasteiger partial charge on any atom is 0.266 e. The zero-order chi connectivity index (χ0) is 12.3. The monoisotopic (exact) mass is 248 g/mol. The molecule has 0 unspecified atom stereocenters. The Morgan fingerprint density at radius 2 is 1.88 bits per heavy atom. The van der Waals surface area contributed by atoms with Crippen LogP contribution in [-0.4, -0.2) is 9.78 Å². The van der Waals surface area contributed by atoms with E-state index in [-0.39, 0.29) is 5.56 Å². The van der Waals surface area contributed by atoms with Gasteiger partial charge in [-0.1, -0.05) is 30.7 Å². The number of aryl methyl sites for hydroxylation is 1. The normalized spacial score (nSPS) is 10.5. The van der Waals surface area contributed by atoms with Crippen molar-refractivity contribution in [3.05, 3.63) is 51.8 Å². The van der Waals surface area contributed by atoms with Crippen molar-refractivity contribution in [2.24, 2.45) is 0 Å². The molecule has 1 aromatic heterocycles. The van der Waals surface area contributed by atoms with E-state index in [1.807, 2.05) is 31.2 Å². The molecule has 0 aliphatic heterocycles. The lowest BCUT2D eigenvalue weighted by atomic mass is 10.1. The highest BCUT2D eigenvalue weighted by Crippen LogP contribution is 2.18. The summed E-state index contributed by atoms with van der Waals surface area (Å²) in [6.45, 7) is 2.66. The van der Waals surface area contributed by atoms with E-state index in [1.165, 1.54) is 4.68 Å². The Morgan fingerprint density at radius 3 is 2.53 bits per heavy atom. The lowest BCUT2D eigenvalue weighted by molar-refractivity contribution is 0.570. The Morgan fingerprint density at radius 1 is 1.18 bits per heavy atom. The van der Waals surface area contributed by atoms with E-state index < -0.39 is 0 Å². The molecule has 0 atom stereocenters. The minimum Gasteiger partial charge on any atom is -0.268 e. The van der Waals surface area contributed by atoms with E-state index in [9.17, 15) is 4.79 Å². The first-order valence-corrected chi connectivity index (χ1v) is 5.92. The summed E-state index contributed by atoms with van der Waals surface area (Å²) in [4.78, 5) is 11.5. The fraction of sp³-hybridized carbons (Fsp3) is 0.231. The highest BCUT2D eigenvalue weighted by molar-refractivity contribution is 6.30. The van der Waals surface area contributed by atoms with Gasteiger partial charge in [0.2, 0.25) is 0 Å². The van der Waals surface area contributed by atoms with Gasteiger partial charge in [0, 0.05) is 23.2 Å². The summed E-state index contributed by atoms with van der Waals surface area (Å²) in [6.07, 6.45) is 0.886. The molecule has 17 heavy (non-hydrogen) atoms. The van der Waals surface area contributed by atoms with Crippen LogP contribution in [0.25, 0.3) is 11.3 Å². The first-order chi connectivity index (χ1) is 8.20. The van der Waals surface area contributed by atoms with Gasteiger partial charge >= 0.3 is 0 Å². The molecule has 0 radical (unpaired) electrons. The lowest BCUT2D eigenvalue weighted by Gasteiger charge is -2.05. The van der Waals surface area contributed by atoms with Crippen molar-refractivity contribution in [1.82, 2.24) is 9.78 Å². The molecule has 1 aromatic carbocycles. The molecule has 3 nitrogen and oxygen atoms in total. The fourth-order valence-corrected chi connectivity index (χ4v) is 1.72. The smallest absolute Gasteiger partial charge is 0.266 e. The number of hydrogen-bond donors (Lipinski definition) is 0. The van der Waals surface area contributed by atoms with Crippen LogP contribution in [-0.2, 0) is 6.54 Å². The summed E-state index contributed by atoms with van der Waals surface area (Å²) < 4.78 is 1.49. The van der Waals surface area contributed by atoms with E-state index >= 15 is 0 Å². The molecule has 0 aliphatic rings. The quantitative estimate of drug-likeness (QED) is 0.837. The molecule has 2 aromatic rings. The average Bonchev–Trinajstić information content (AvgIpc) is 2.33. The SMILES string of the molecule is CCCn1nc(-c2ccc(Cl)cc2)ccc1=O. The second kappa shape index (κ2) is 5.15. The third kappa shape index (κ3) is 2.74. The van der Waals surface area contributed by atoms with Crippen LogP contribution in [0, 0.1) is 0 Å². The third-order valence-electron chi connectivity index (χ3n) is 2.44. The molecule has 0 spiro atoms. The fourth-order valence-electron chi connectivity index (χ4n) is 1.60. The van der Waals surface area contributed by atoms with E-state index in [1.54, 1.807) is 12.1 Å². The second-order valence-electron chi connectivity index (χ2n) is 3.79. The zero-order valence-corrected chi connectivity index (χ0v) is 10.3. The van der Waals surface area contributed by atoms with Crippen molar-refractivity contribution >= 4 is 11.6 Å². The van der Waals surface area contributed by atoms with E-state index in [2.05, 4.69) is 5.10 Å². The van der Waals surface area contributed by atoms with Gasteiger partial charge in [-0.05, 0) is 24.6 Å². The average molecular weight is 249 g/mol. The van der Waals surface area contributed by atoms with Gasteiger partial charge < -0.3 is 0 Å². The van der Waals surface area contributed by atoms with E-state index in [0.717, 1.165) is 17.7 Å². The number of rotatable bonds is 3. The number of halogens is 1. The van der Waals surface area contributed by atoms with Crippen molar-refractivity contribution in [3.63, 3.8) is 0 Å². The molecule has 0 amide bonds. The molecule has 88 valence electrons. The number of hydrogen-bond acceptors (Lipinski definition) is 2. The molecule has 0 bridgehead atoms. The van der Waals surface area contributed by atoms with Crippen molar-refractivity contribution in [2.45, 2.75) is 19.9 Å². The highest BCUT2D eigenvalue weighted by Gasteiger charge is 2.02. The molecule has 0 saturated carbocycles. The van der Waals surface area contributed by atoms with Crippen LogP contribution < -0.4 is 5.56 Å². The van der Waals surface area contributed by atoms with Gasteiger partial charge in [-0.15, -0.1) is 0 Å². The number of aromatic nitrogens is 2. The van der Waals surface area contributed by atoms with Crippen LogP contribution in [0.1, 0.15) is 13.3 Å². The van der Waals surface area contributed by atoms with E-state index in [4.69, 9.17) is 11.6 Å². The molecule has 1 heterocycles. The first kappa shape index (κ1) is 11.9. The molecule has 0 aliphatic carbocycles. The summed E-state index contributed by atoms with van der Waals surface area (Å²) in [7, 11) is 0. The van der Waals surface area contributed by atoms with Gasteiger partial charge in [-0.2, -0.15) is 5.10 Å². The largest absolute Gasteiger partial charge is 0.268 e. The van der Waals surface area contributed by atoms with Crippen LogP contribution in [0.5, 0.6) is 0 Å². The Hall–Kier alpha value is -1.61. The van der Waals surface area contributed by atoms with Gasteiger partial charge in [-0.3, -0.25) is 4.79 Å². The Bertz CT molecular complexity index is 560. The molecule has 4 heteroatoms. The van der Waals surface area contributed by atoms with Crippen molar-refractivity contribution < 1.29 is 0 Å². The van der Waals surface area contributed by atoms with Crippen LogP contribution in [0.4, 0.5) is 0 Å². The maximum absolute atomic E-state index is 11.5. The molecule has 0 fully saturated rings. The minimum atomic E-state index is -0.0652. The predicted octanol–water partition coefficient (Wildman–Crippen LogP) is 2.97. The third-order valence-corrected chi connectivity index (χ3v) is 2.69. The Balaban J connectivity index is 2.42. The Labute approximate surface area is 105 Å². The lowest BCUT2D eigenvalue weighted by Crippen LogP contribution is -2.21. The van der Waals surface area contributed by atoms with Gasteiger partial charge in [-0.25, -0.2) is 4.68 Å². The predicted molar refractivity (Wildman–Crippen MR) is 69.2 cm³/mol. The van der Waals surface area contributed by atoms with Crippen LogP contribution in [0.15, 0.2) is 41.2 Å². The second-order valence-corrected chi connectivity index (χ2v) is 4.22. The minimum absolute atomic E-state index is 0.0652. The topological polar surface area (TPSA) is 34.9 Å². The summed E-state index contributed by atoms with van der Waals surface area (Å²) in [5.74, 6) is 0. The summed E-state index contributed by atoms with van der Waals surface area (Å²) in [5.41, 5.74) is 1.68. The zero-order valence-electron chi connectivity index (χ0n) is 9.56. The first-order valence-electron chi connectivity index (χ1n) is 5.55.